The maximum absolute atomic E-state index is 11.2. The van der Waals surface area contributed by atoms with Crippen LogP contribution >= 0.6 is 31.9 Å². The van der Waals surface area contributed by atoms with Crippen LogP contribution < -0.4 is 9.47 Å². The summed E-state index contributed by atoms with van der Waals surface area (Å²) in [6.45, 7) is 0.236. The highest BCUT2D eigenvalue weighted by Crippen LogP contribution is 2.27. The topological polar surface area (TPSA) is 55.8 Å². The first-order valence-corrected chi connectivity index (χ1v) is 7.58. The first-order chi connectivity index (χ1) is 10.0. The molecule has 0 amide bonds. The highest BCUT2D eigenvalue weighted by atomic mass is 79.9. The lowest BCUT2D eigenvalue weighted by molar-refractivity contribution is 0.0691. The van der Waals surface area contributed by atoms with Crippen LogP contribution in [0, 0.1) is 0 Å². The minimum atomic E-state index is -1.03. The summed E-state index contributed by atoms with van der Waals surface area (Å²) in [5, 5.41) is 9.19. The summed E-state index contributed by atoms with van der Waals surface area (Å²) in [6.07, 6.45) is 0. The van der Waals surface area contributed by atoms with E-state index in [0.29, 0.717) is 16.0 Å². The number of halogens is 2. The van der Waals surface area contributed by atoms with Gasteiger partial charge in [-0.3, -0.25) is 0 Å². The smallest absolute Gasteiger partial charge is 0.339 e. The largest absolute Gasteiger partial charge is 0.497 e. The molecule has 110 valence electrons. The Morgan fingerprint density at radius 1 is 1.19 bits per heavy atom. The lowest BCUT2D eigenvalue weighted by Crippen LogP contribution is -2.04. The molecule has 0 saturated heterocycles. The van der Waals surface area contributed by atoms with Crippen molar-refractivity contribution in [2.45, 2.75) is 6.61 Å². The van der Waals surface area contributed by atoms with Gasteiger partial charge in [0.05, 0.1) is 7.11 Å². The average molecular weight is 416 g/mol. The van der Waals surface area contributed by atoms with Gasteiger partial charge in [0, 0.05) is 14.5 Å². The predicted molar refractivity (Wildman–Crippen MR) is 86.1 cm³/mol. The van der Waals surface area contributed by atoms with Crippen LogP contribution in [0.15, 0.2) is 45.3 Å². The summed E-state index contributed by atoms with van der Waals surface area (Å²) >= 11 is 6.68. The maximum atomic E-state index is 11.2. The molecule has 1 N–H and O–H groups in total. The van der Waals surface area contributed by atoms with Gasteiger partial charge in [-0.2, -0.15) is 0 Å². The fourth-order valence-electron chi connectivity index (χ4n) is 1.74. The fraction of sp³-hybridized carbons (Fsp3) is 0.133. The van der Waals surface area contributed by atoms with E-state index in [1.165, 1.54) is 6.07 Å². The Labute approximate surface area is 139 Å². The molecule has 0 unspecified atom stereocenters. The molecule has 4 nitrogen and oxygen atoms in total. The van der Waals surface area contributed by atoms with Crippen molar-refractivity contribution in [3.8, 4) is 11.5 Å². The Hall–Kier alpha value is -1.53. The Bertz CT molecular complexity index is 671. The van der Waals surface area contributed by atoms with E-state index in [9.17, 15) is 9.90 Å². The molecule has 21 heavy (non-hydrogen) atoms. The molecule has 0 aliphatic heterocycles. The minimum absolute atomic E-state index is 0.114. The second-order valence-corrected chi connectivity index (χ2v) is 5.96. The van der Waals surface area contributed by atoms with Gasteiger partial charge in [0.15, 0.2) is 0 Å². The first-order valence-electron chi connectivity index (χ1n) is 5.99. The molecule has 2 aromatic carbocycles. The molecular formula is C15H12Br2O4. The van der Waals surface area contributed by atoms with Crippen molar-refractivity contribution >= 4 is 37.8 Å². The monoisotopic (exact) mass is 414 g/mol. The van der Waals surface area contributed by atoms with Crippen LogP contribution in [0.5, 0.6) is 11.5 Å². The summed E-state index contributed by atoms with van der Waals surface area (Å²) < 4.78 is 12.4. The first kappa shape index (κ1) is 15.9. The number of methoxy groups -OCH3 is 1. The van der Waals surface area contributed by atoms with E-state index in [1.807, 2.05) is 18.2 Å². The molecule has 0 spiro atoms. The Balaban J connectivity index is 2.22. The molecule has 0 aromatic heterocycles. The maximum Gasteiger partial charge on any atom is 0.339 e. The second-order valence-electron chi connectivity index (χ2n) is 4.19. The highest BCUT2D eigenvalue weighted by Gasteiger charge is 2.12. The van der Waals surface area contributed by atoms with Crippen molar-refractivity contribution in [2.75, 3.05) is 7.11 Å². The van der Waals surface area contributed by atoms with Gasteiger partial charge in [-0.25, -0.2) is 4.79 Å². The number of rotatable bonds is 5. The number of benzene rings is 2. The molecule has 6 heteroatoms. The predicted octanol–water partition coefficient (Wildman–Crippen LogP) is 4.50. The quantitative estimate of drug-likeness (QED) is 0.781. The van der Waals surface area contributed by atoms with Gasteiger partial charge >= 0.3 is 5.97 Å². The molecule has 2 rings (SSSR count). The van der Waals surface area contributed by atoms with Gasteiger partial charge in [0.25, 0.3) is 0 Å². The van der Waals surface area contributed by atoms with Crippen LogP contribution in [-0.4, -0.2) is 18.2 Å². The standard InChI is InChI=1S/C15H12Br2O4/c1-20-11-3-4-13(17)9(6-11)8-21-14-5-2-10(16)7-12(14)15(18)19/h2-7H,8H2,1H3,(H,18,19). The normalized spacial score (nSPS) is 10.2. The van der Waals surface area contributed by atoms with Gasteiger partial charge in [0.1, 0.15) is 23.7 Å². The van der Waals surface area contributed by atoms with Crippen molar-refractivity contribution in [3.63, 3.8) is 0 Å². The average Bonchev–Trinajstić information content (AvgIpc) is 2.47. The van der Waals surface area contributed by atoms with Crippen LogP contribution in [0.3, 0.4) is 0 Å². The molecule has 0 atom stereocenters. The lowest BCUT2D eigenvalue weighted by atomic mass is 10.2. The Morgan fingerprint density at radius 3 is 2.62 bits per heavy atom. The van der Waals surface area contributed by atoms with Crippen molar-refractivity contribution < 1.29 is 19.4 Å². The molecule has 0 heterocycles. The molecule has 0 aliphatic rings. The van der Waals surface area contributed by atoms with Gasteiger partial charge in [-0.15, -0.1) is 0 Å². The number of ether oxygens (including phenoxy) is 2. The van der Waals surface area contributed by atoms with Gasteiger partial charge in [0.2, 0.25) is 0 Å². The van der Waals surface area contributed by atoms with E-state index in [4.69, 9.17) is 9.47 Å². The molecule has 0 radical (unpaired) electrons. The lowest BCUT2D eigenvalue weighted by Gasteiger charge is -2.11. The summed E-state index contributed by atoms with van der Waals surface area (Å²) in [5.41, 5.74) is 0.983. The zero-order chi connectivity index (χ0) is 15.4. The van der Waals surface area contributed by atoms with E-state index in [1.54, 1.807) is 19.2 Å². The number of carbonyl (C=O) groups is 1. The zero-order valence-electron chi connectivity index (χ0n) is 11.1. The number of aromatic carboxylic acids is 1. The Kier molecular flexibility index (Phi) is 5.25. The van der Waals surface area contributed by atoms with E-state index in [0.717, 1.165) is 10.0 Å². The van der Waals surface area contributed by atoms with Crippen LogP contribution in [0.25, 0.3) is 0 Å². The summed E-state index contributed by atoms with van der Waals surface area (Å²) in [7, 11) is 1.59. The fourth-order valence-corrected chi connectivity index (χ4v) is 2.46. The van der Waals surface area contributed by atoms with Crippen molar-refractivity contribution in [3.05, 3.63) is 56.5 Å². The third-order valence-electron chi connectivity index (χ3n) is 2.81. The van der Waals surface area contributed by atoms with Crippen LogP contribution in [-0.2, 0) is 6.61 Å². The van der Waals surface area contributed by atoms with E-state index < -0.39 is 5.97 Å². The van der Waals surface area contributed by atoms with Gasteiger partial charge in [-0.05, 0) is 36.4 Å². The molecule has 2 aromatic rings. The van der Waals surface area contributed by atoms with Crippen LogP contribution in [0.4, 0.5) is 0 Å². The molecule has 0 aliphatic carbocycles. The minimum Gasteiger partial charge on any atom is -0.497 e. The summed E-state index contributed by atoms with van der Waals surface area (Å²) in [4.78, 5) is 11.2. The van der Waals surface area contributed by atoms with Gasteiger partial charge in [-0.1, -0.05) is 31.9 Å². The second kappa shape index (κ2) is 6.95. The molecule has 0 fully saturated rings. The van der Waals surface area contributed by atoms with Crippen molar-refractivity contribution in [1.29, 1.82) is 0 Å². The van der Waals surface area contributed by atoms with Crippen molar-refractivity contribution in [2.24, 2.45) is 0 Å². The number of hydrogen-bond donors (Lipinski definition) is 1. The van der Waals surface area contributed by atoms with Crippen LogP contribution in [0.1, 0.15) is 15.9 Å². The SMILES string of the molecule is COc1ccc(Br)c(COc2ccc(Br)cc2C(=O)O)c1. The number of carboxylic acid groups (broad SMARTS) is 1. The number of carboxylic acids is 1. The number of hydrogen-bond acceptors (Lipinski definition) is 3. The molecule has 0 saturated carbocycles. The van der Waals surface area contributed by atoms with E-state index >= 15 is 0 Å². The Morgan fingerprint density at radius 2 is 1.95 bits per heavy atom. The molecular weight excluding hydrogens is 404 g/mol. The summed E-state index contributed by atoms with van der Waals surface area (Å²) in [6, 6.07) is 10.4. The molecule has 0 bridgehead atoms. The van der Waals surface area contributed by atoms with Crippen molar-refractivity contribution in [1.82, 2.24) is 0 Å². The third kappa shape index (κ3) is 3.98. The summed E-state index contributed by atoms with van der Waals surface area (Å²) in [5.74, 6) is 0.00231. The van der Waals surface area contributed by atoms with Gasteiger partial charge < -0.3 is 14.6 Å². The van der Waals surface area contributed by atoms with E-state index in [2.05, 4.69) is 31.9 Å². The van der Waals surface area contributed by atoms with Crippen LogP contribution in [0.2, 0.25) is 0 Å². The van der Waals surface area contributed by atoms with E-state index in [-0.39, 0.29) is 12.2 Å². The highest BCUT2D eigenvalue weighted by molar-refractivity contribution is 9.10. The third-order valence-corrected chi connectivity index (χ3v) is 4.07. The zero-order valence-corrected chi connectivity index (χ0v) is 14.3.